The van der Waals surface area contributed by atoms with Gasteiger partial charge in [-0.05, 0) is 49.6 Å². The van der Waals surface area contributed by atoms with Crippen molar-refractivity contribution in [2.75, 3.05) is 6.54 Å². The van der Waals surface area contributed by atoms with Gasteiger partial charge in [-0.1, -0.05) is 24.9 Å². The van der Waals surface area contributed by atoms with E-state index in [0.29, 0.717) is 0 Å². The zero-order chi connectivity index (χ0) is 13.1. The molecule has 0 aliphatic heterocycles. The molecule has 2 rings (SSSR count). The highest BCUT2D eigenvalue weighted by Crippen LogP contribution is 2.28. The molecule has 0 spiro atoms. The fourth-order valence-corrected chi connectivity index (χ4v) is 2.57. The molecule has 0 radical (unpaired) electrons. The van der Waals surface area contributed by atoms with E-state index in [0.717, 1.165) is 42.9 Å². The second-order valence-corrected chi connectivity index (χ2v) is 5.27. The first kappa shape index (κ1) is 13.4. The minimum Gasteiger partial charge on any atom is -0.347 e. The Balaban J connectivity index is 2.53. The first-order valence-electron chi connectivity index (χ1n) is 6.65. The van der Waals surface area contributed by atoms with Gasteiger partial charge in [-0.3, -0.25) is 0 Å². The van der Waals surface area contributed by atoms with Crippen LogP contribution in [-0.2, 0) is 13.0 Å². The monoisotopic (exact) mass is 264 g/mol. The summed E-state index contributed by atoms with van der Waals surface area (Å²) in [4.78, 5) is 0. The van der Waals surface area contributed by atoms with Crippen molar-refractivity contribution < 1.29 is 0 Å². The lowest BCUT2D eigenvalue weighted by atomic mass is 10.1. The van der Waals surface area contributed by atoms with Gasteiger partial charge < -0.3 is 10.3 Å². The van der Waals surface area contributed by atoms with Gasteiger partial charge in [0.1, 0.15) is 0 Å². The first-order valence-corrected chi connectivity index (χ1v) is 7.03. The maximum Gasteiger partial charge on any atom is 0.0498 e. The van der Waals surface area contributed by atoms with Gasteiger partial charge in [-0.15, -0.1) is 0 Å². The molecule has 98 valence electrons. The molecular formula is C15H21ClN2. The summed E-state index contributed by atoms with van der Waals surface area (Å²) >= 11 is 6.24. The van der Waals surface area contributed by atoms with Gasteiger partial charge in [0.2, 0.25) is 0 Å². The molecule has 1 aromatic carbocycles. The maximum atomic E-state index is 6.24. The Kier molecular flexibility index (Phi) is 4.31. The average Bonchev–Trinajstić information content (AvgIpc) is 2.66. The molecule has 2 nitrogen and oxygen atoms in total. The first-order chi connectivity index (χ1) is 8.67. The van der Waals surface area contributed by atoms with E-state index in [4.69, 9.17) is 17.3 Å². The van der Waals surface area contributed by atoms with E-state index in [1.54, 1.807) is 0 Å². The van der Waals surface area contributed by atoms with Gasteiger partial charge in [-0.2, -0.15) is 0 Å². The van der Waals surface area contributed by atoms with E-state index in [-0.39, 0.29) is 0 Å². The number of aromatic nitrogens is 1. The summed E-state index contributed by atoms with van der Waals surface area (Å²) in [6, 6.07) is 4.30. The molecular weight excluding hydrogens is 244 g/mol. The van der Waals surface area contributed by atoms with Crippen LogP contribution in [0.2, 0.25) is 5.02 Å². The minimum atomic E-state index is 0.725. The smallest absolute Gasteiger partial charge is 0.0498 e. The van der Waals surface area contributed by atoms with E-state index in [1.807, 2.05) is 0 Å². The van der Waals surface area contributed by atoms with Crippen molar-refractivity contribution in [3.05, 3.63) is 34.5 Å². The van der Waals surface area contributed by atoms with Crippen molar-refractivity contribution in [2.45, 2.75) is 39.7 Å². The minimum absolute atomic E-state index is 0.725. The standard InChI is InChI=1S/C15H21ClN2/c1-3-5-12-10-18(7-4-6-17)15-9-14(16)11(2)8-13(12)15/h8-10H,3-7,17H2,1-2H3. The van der Waals surface area contributed by atoms with E-state index in [1.165, 1.54) is 16.5 Å². The second-order valence-electron chi connectivity index (χ2n) is 4.86. The number of nitrogens with two attached hydrogens (primary N) is 1. The molecule has 3 heteroatoms. The molecule has 1 heterocycles. The molecule has 2 aromatic rings. The summed E-state index contributed by atoms with van der Waals surface area (Å²) in [7, 11) is 0. The molecule has 0 fully saturated rings. The molecule has 0 atom stereocenters. The third-order valence-electron chi connectivity index (χ3n) is 3.37. The van der Waals surface area contributed by atoms with Gasteiger partial charge >= 0.3 is 0 Å². The van der Waals surface area contributed by atoms with Crippen LogP contribution in [0, 0.1) is 6.92 Å². The SMILES string of the molecule is CCCc1cn(CCCN)c2cc(Cl)c(C)cc12. The zero-order valence-corrected chi connectivity index (χ0v) is 11.9. The average molecular weight is 265 g/mol. The lowest BCUT2D eigenvalue weighted by molar-refractivity contribution is 0.668. The van der Waals surface area contributed by atoms with E-state index < -0.39 is 0 Å². The molecule has 0 unspecified atom stereocenters. The number of benzene rings is 1. The number of nitrogens with zero attached hydrogens (tertiary/aromatic N) is 1. The molecule has 18 heavy (non-hydrogen) atoms. The van der Waals surface area contributed by atoms with Crippen LogP contribution in [0.15, 0.2) is 18.3 Å². The Bertz CT molecular complexity index is 543. The Hall–Kier alpha value is -0.990. The Morgan fingerprint density at radius 2 is 2.11 bits per heavy atom. The van der Waals surface area contributed by atoms with Gasteiger partial charge in [0.15, 0.2) is 0 Å². The van der Waals surface area contributed by atoms with E-state index in [2.05, 4.69) is 36.7 Å². The Labute approximate surface area is 114 Å². The summed E-state index contributed by atoms with van der Waals surface area (Å²) in [5, 5.41) is 2.19. The van der Waals surface area contributed by atoms with Crippen LogP contribution < -0.4 is 5.73 Å². The number of rotatable bonds is 5. The van der Waals surface area contributed by atoms with Crippen molar-refractivity contribution >= 4 is 22.5 Å². The van der Waals surface area contributed by atoms with Crippen LogP contribution >= 0.6 is 11.6 Å². The lowest BCUT2D eigenvalue weighted by Gasteiger charge is -2.05. The molecule has 0 aliphatic rings. The van der Waals surface area contributed by atoms with Crippen LogP contribution in [0.4, 0.5) is 0 Å². The van der Waals surface area contributed by atoms with Crippen LogP contribution in [0.1, 0.15) is 30.9 Å². The summed E-state index contributed by atoms with van der Waals surface area (Å²) in [5.74, 6) is 0. The maximum absolute atomic E-state index is 6.24. The van der Waals surface area contributed by atoms with E-state index in [9.17, 15) is 0 Å². The molecule has 0 saturated carbocycles. The zero-order valence-electron chi connectivity index (χ0n) is 11.2. The van der Waals surface area contributed by atoms with Crippen molar-refractivity contribution in [3.8, 4) is 0 Å². The molecule has 0 amide bonds. The quantitative estimate of drug-likeness (QED) is 0.872. The normalized spacial score (nSPS) is 11.3. The molecule has 0 saturated heterocycles. The summed E-state index contributed by atoms with van der Waals surface area (Å²) < 4.78 is 2.29. The van der Waals surface area contributed by atoms with Crippen LogP contribution in [-0.4, -0.2) is 11.1 Å². The summed E-state index contributed by atoms with van der Waals surface area (Å²) in [5.41, 5.74) is 9.41. The number of hydrogen-bond donors (Lipinski definition) is 1. The Morgan fingerprint density at radius 3 is 2.78 bits per heavy atom. The lowest BCUT2D eigenvalue weighted by Crippen LogP contribution is -2.04. The molecule has 2 N–H and O–H groups in total. The van der Waals surface area contributed by atoms with Gasteiger partial charge in [0, 0.05) is 28.7 Å². The Morgan fingerprint density at radius 1 is 1.33 bits per heavy atom. The highest BCUT2D eigenvalue weighted by Gasteiger charge is 2.10. The highest BCUT2D eigenvalue weighted by molar-refractivity contribution is 6.32. The fraction of sp³-hybridized carbons (Fsp3) is 0.467. The summed E-state index contributed by atoms with van der Waals surface area (Å²) in [6.45, 7) is 5.97. The van der Waals surface area contributed by atoms with Gasteiger partial charge in [-0.25, -0.2) is 0 Å². The van der Waals surface area contributed by atoms with Crippen molar-refractivity contribution in [1.29, 1.82) is 0 Å². The summed E-state index contributed by atoms with van der Waals surface area (Å²) in [6.07, 6.45) is 5.55. The van der Waals surface area contributed by atoms with E-state index >= 15 is 0 Å². The number of hydrogen-bond acceptors (Lipinski definition) is 1. The predicted octanol–water partition coefficient (Wildman–Crippen LogP) is 3.90. The topological polar surface area (TPSA) is 30.9 Å². The largest absolute Gasteiger partial charge is 0.347 e. The third-order valence-corrected chi connectivity index (χ3v) is 3.77. The molecule has 0 bridgehead atoms. The third kappa shape index (κ3) is 2.55. The van der Waals surface area contributed by atoms with Gasteiger partial charge in [0.25, 0.3) is 0 Å². The number of fused-ring (bicyclic) bond motifs is 1. The molecule has 1 aromatic heterocycles. The van der Waals surface area contributed by atoms with Crippen LogP contribution in [0.5, 0.6) is 0 Å². The predicted molar refractivity (Wildman–Crippen MR) is 79.4 cm³/mol. The van der Waals surface area contributed by atoms with Crippen molar-refractivity contribution in [1.82, 2.24) is 4.57 Å². The van der Waals surface area contributed by atoms with Gasteiger partial charge in [0.05, 0.1) is 0 Å². The molecule has 0 aliphatic carbocycles. The van der Waals surface area contributed by atoms with Crippen molar-refractivity contribution in [2.24, 2.45) is 5.73 Å². The fourth-order valence-electron chi connectivity index (χ4n) is 2.41. The highest BCUT2D eigenvalue weighted by atomic mass is 35.5. The number of halogens is 1. The second kappa shape index (κ2) is 5.77. The number of aryl methyl sites for hydroxylation is 3. The van der Waals surface area contributed by atoms with Crippen LogP contribution in [0.25, 0.3) is 10.9 Å². The van der Waals surface area contributed by atoms with Crippen molar-refractivity contribution in [3.63, 3.8) is 0 Å². The van der Waals surface area contributed by atoms with Crippen LogP contribution in [0.3, 0.4) is 0 Å².